The van der Waals surface area contributed by atoms with Gasteiger partial charge in [-0.3, -0.25) is 4.79 Å². The van der Waals surface area contributed by atoms with Crippen molar-refractivity contribution in [2.45, 2.75) is 6.92 Å². The third-order valence-corrected chi connectivity index (χ3v) is 3.54. The smallest absolute Gasteiger partial charge is 0.213 e. The van der Waals surface area contributed by atoms with E-state index in [-0.39, 0.29) is 10.9 Å². The number of hydrogen-bond donors (Lipinski definition) is 0. The van der Waals surface area contributed by atoms with Crippen LogP contribution < -0.4 is 0 Å². The molecule has 2 aromatic heterocycles. The Kier molecular flexibility index (Phi) is 3.03. The van der Waals surface area contributed by atoms with Crippen LogP contribution >= 0.6 is 11.6 Å². The van der Waals surface area contributed by atoms with Crippen LogP contribution in [-0.2, 0) is 7.05 Å². The van der Waals surface area contributed by atoms with Gasteiger partial charge in [-0.2, -0.15) is 0 Å². The number of halogens is 1. The second-order valence-corrected chi connectivity index (χ2v) is 5.07. The molecule has 3 rings (SSSR count). The quantitative estimate of drug-likeness (QED) is 0.537. The molecule has 0 aliphatic carbocycles. The molecule has 0 bridgehead atoms. The average Bonchev–Trinajstić information content (AvgIpc) is 2.77. The fourth-order valence-electron chi connectivity index (χ4n) is 2.39. The van der Waals surface area contributed by atoms with E-state index in [2.05, 4.69) is 9.97 Å². The number of hydrogen-bond acceptors (Lipinski definition) is 3. The number of rotatable bonds is 2. The Hall–Kier alpha value is -2.20. The van der Waals surface area contributed by atoms with E-state index >= 15 is 0 Å². The van der Waals surface area contributed by atoms with E-state index in [1.165, 1.54) is 12.4 Å². The van der Waals surface area contributed by atoms with Gasteiger partial charge >= 0.3 is 0 Å². The lowest BCUT2D eigenvalue weighted by Crippen LogP contribution is -2.04. The first kappa shape index (κ1) is 12.8. The van der Waals surface area contributed by atoms with E-state index in [1.807, 2.05) is 42.9 Å². The Morgan fingerprint density at radius 3 is 2.85 bits per heavy atom. The fraction of sp³-hybridized carbons (Fsp3) is 0.133. The maximum Gasteiger partial charge on any atom is 0.213 e. The van der Waals surface area contributed by atoms with Gasteiger partial charge in [0.15, 0.2) is 0 Å². The first-order valence-corrected chi connectivity index (χ1v) is 6.52. The van der Waals surface area contributed by atoms with E-state index in [0.29, 0.717) is 11.3 Å². The van der Waals surface area contributed by atoms with Crippen LogP contribution in [-0.4, -0.2) is 20.3 Å². The van der Waals surface area contributed by atoms with Gasteiger partial charge in [-0.15, -0.1) is 0 Å². The van der Waals surface area contributed by atoms with Crippen molar-refractivity contribution < 1.29 is 4.79 Å². The highest BCUT2D eigenvalue weighted by atomic mass is 35.5. The zero-order valence-electron chi connectivity index (χ0n) is 11.1. The van der Waals surface area contributed by atoms with Crippen LogP contribution in [0.4, 0.5) is 0 Å². The molecule has 0 saturated carbocycles. The van der Waals surface area contributed by atoms with Crippen LogP contribution in [0.25, 0.3) is 10.9 Å². The fourth-order valence-corrected chi connectivity index (χ4v) is 2.54. The van der Waals surface area contributed by atoms with Crippen LogP contribution in [0.1, 0.15) is 21.6 Å². The summed E-state index contributed by atoms with van der Waals surface area (Å²) in [6.07, 6.45) is 3.13. The summed E-state index contributed by atoms with van der Waals surface area (Å²) in [4.78, 5) is 20.4. The lowest BCUT2D eigenvalue weighted by atomic mass is 10.0. The minimum absolute atomic E-state index is 0.144. The first-order valence-electron chi connectivity index (χ1n) is 6.15. The van der Waals surface area contributed by atoms with Crippen LogP contribution in [0.2, 0.25) is 5.15 Å². The zero-order valence-corrected chi connectivity index (χ0v) is 11.8. The average molecular weight is 286 g/mol. The second kappa shape index (κ2) is 4.72. The van der Waals surface area contributed by atoms with Crippen molar-refractivity contribution in [3.8, 4) is 0 Å². The minimum Gasteiger partial charge on any atom is -0.350 e. The molecule has 4 nitrogen and oxygen atoms in total. The third-order valence-electron chi connectivity index (χ3n) is 3.33. The third kappa shape index (κ3) is 1.98. The largest absolute Gasteiger partial charge is 0.350 e. The number of carbonyl (C=O) groups excluding carboxylic acids is 1. The molecule has 0 saturated heterocycles. The molecule has 0 fully saturated rings. The van der Waals surface area contributed by atoms with E-state index in [1.54, 1.807) is 0 Å². The zero-order chi connectivity index (χ0) is 14.3. The predicted octanol–water partition coefficient (Wildman–Crippen LogP) is 3.16. The molecule has 1 aromatic carbocycles. The van der Waals surface area contributed by atoms with E-state index in [9.17, 15) is 4.79 Å². The maximum absolute atomic E-state index is 12.6. The van der Waals surface area contributed by atoms with Gasteiger partial charge in [-0.1, -0.05) is 23.7 Å². The van der Waals surface area contributed by atoms with Crippen molar-refractivity contribution in [1.29, 1.82) is 0 Å². The van der Waals surface area contributed by atoms with E-state index < -0.39 is 0 Å². The molecule has 0 aliphatic heterocycles. The molecule has 0 atom stereocenters. The topological polar surface area (TPSA) is 47.8 Å². The van der Waals surface area contributed by atoms with Gasteiger partial charge in [0.25, 0.3) is 0 Å². The molecule has 100 valence electrons. The minimum atomic E-state index is -0.144. The monoisotopic (exact) mass is 285 g/mol. The van der Waals surface area contributed by atoms with Crippen molar-refractivity contribution >= 4 is 28.3 Å². The van der Waals surface area contributed by atoms with Crippen molar-refractivity contribution in [2.75, 3.05) is 0 Å². The number of nitrogens with zero attached hydrogens (tertiary/aromatic N) is 3. The Balaban J connectivity index is 2.22. The highest BCUT2D eigenvalue weighted by Crippen LogP contribution is 2.26. The highest BCUT2D eigenvalue weighted by Gasteiger charge is 2.18. The van der Waals surface area contributed by atoms with Crippen LogP contribution in [0.3, 0.4) is 0 Å². The van der Waals surface area contributed by atoms with Gasteiger partial charge < -0.3 is 4.57 Å². The van der Waals surface area contributed by atoms with Gasteiger partial charge in [0.2, 0.25) is 5.78 Å². The van der Waals surface area contributed by atoms with Gasteiger partial charge in [-0.05, 0) is 18.6 Å². The number of aromatic nitrogens is 3. The van der Waals surface area contributed by atoms with Crippen LogP contribution in [0, 0.1) is 6.92 Å². The molecule has 0 unspecified atom stereocenters. The lowest BCUT2D eigenvalue weighted by Gasteiger charge is -2.01. The van der Waals surface area contributed by atoms with E-state index in [4.69, 9.17) is 11.6 Å². The van der Waals surface area contributed by atoms with Crippen LogP contribution in [0.5, 0.6) is 0 Å². The normalized spacial score (nSPS) is 10.9. The molecular weight excluding hydrogens is 274 g/mol. The standard InChI is InChI=1S/C15H12ClN3O/c1-9-4-3-5-12-14(9)10(7-19(12)2)15(20)11-6-13(16)18-8-17-11/h3-8H,1-2H3. The van der Waals surface area contributed by atoms with Crippen molar-refractivity contribution in [3.05, 3.63) is 58.8 Å². The summed E-state index contributed by atoms with van der Waals surface area (Å²) in [5, 5.41) is 1.22. The van der Waals surface area contributed by atoms with Gasteiger partial charge in [-0.25, -0.2) is 9.97 Å². The summed E-state index contributed by atoms with van der Waals surface area (Å²) in [7, 11) is 1.92. The van der Waals surface area contributed by atoms with Gasteiger partial charge in [0.1, 0.15) is 17.2 Å². The van der Waals surface area contributed by atoms with E-state index in [0.717, 1.165) is 16.5 Å². The number of carbonyl (C=O) groups is 1. The second-order valence-electron chi connectivity index (χ2n) is 4.68. The summed E-state index contributed by atoms with van der Waals surface area (Å²) in [6, 6.07) is 7.45. The molecule has 3 aromatic rings. The SMILES string of the molecule is Cc1cccc2c1c(C(=O)c1cc(Cl)ncn1)cn2C. The first-order chi connectivity index (χ1) is 9.58. The number of aryl methyl sites for hydroxylation is 2. The van der Waals surface area contributed by atoms with Gasteiger partial charge in [0, 0.05) is 35.8 Å². The predicted molar refractivity (Wildman–Crippen MR) is 78.1 cm³/mol. The Morgan fingerprint density at radius 2 is 2.10 bits per heavy atom. The Labute approximate surface area is 121 Å². The summed E-state index contributed by atoms with van der Waals surface area (Å²) in [5.74, 6) is -0.144. The number of ketones is 1. The van der Waals surface area contributed by atoms with Crippen LogP contribution in [0.15, 0.2) is 36.8 Å². The lowest BCUT2D eigenvalue weighted by molar-refractivity contribution is 0.103. The summed E-state index contributed by atoms with van der Waals surface area (Å²) < 4.78 is 1.94. The number of benzene rings is 1. The molecule has 0 aliphatic rings. The summed E-state index contributed by atoms with van der Waals surface area (Å²) in [6.45, 7) is 1.99. The Morgan fingerprint density at radius 1 is 1.30 bits per heavy atom. The molecule has 2 heterocycles. The molecule has 20 heavy (non-hydrogen) atoms. The molecule has 0 radical (unpaired) electrons. The number of fused-ring (bicyclic) bond motifs is 1. The molecule has 0 N–H and O–H groups in total. The molecule has 5 heteroatoms. The molecular formula is C15H12ClN3O. The summed E-state index contributed by atoms with van der Waals surface area (Å²) >= 11 is 5.82. The summed E-state index contributed by atoms with van der Waals surface area (Å²) in [5.41, 5.74) is 3.02. The van der Waals surface area contributed by atoms with Crippen molar-refractivity contribution in [2.24, 2.45) is 7.05 Å². The van der Waals surface area contributed by atoms with Crippen molar-refractivity contribution in [1.82, 2.24) is 14.5 Å². The van der Waals surface area contributed by atoms with Crippen molar-refractivity contribution in [3.63, 3.8) is 0 Å². The Bertz CT molecular complexity index is 823. The maximum atomic E-state index is 12.6. The molecule has 0 spiro atoms. The molecule has 0 amide bonds. The highest BCUT2D eigenvalue weighted by molar-refractivity contribution is 6.30. The van der Waals surface area contributed by atoms with Gasteiger partial charge in [0.05, 0.1) is 0 Å².